The van der Waals surface area contributed by atoms with E-state index in [0.717, 1.165) is 70.3 Å². The standard InChI is InChI=1S/C28H38F3N5O4.C2H6/c29-28(30,31)17-3-4-20(23(38)10-17)25(32)21-15-40-16-22(21)26(33)34-18-2-1-7-35(13-18)14-24(39)36-8-5-27(6-9-36)11-19(37)12-27;1-2/h3-4,10,18-19,34,37-38H,1-2,5-9,11-16,32-33H2;1-2H3/b25-21-,26-22+;. The Kier molecular flexibility index (Phi) is 9.99. The number of piperidine rings is 2. The number of likely N-dealkylation sites (tertiary alicyclic amines) is 2. The maximum atomic E-state index is 13.0. The van der Waals surface area contributed by atoms with E-state index in [1.54, 1.807) is 0 Å². The van der Waals surface area contributed by atoms with Gasteiger partial charge in [0.25, 0.3) is 0 Å². The minimum atomic E-state index is -4.58. The summed E-state index contributed by atoms with van der Waals surface area (Å²) in [6.45, 7) is 7.58. The molecule has 1 aliphatic carbocycles. The van der Waals surface area contributed by atoms with Crippen molar-refractivity contribution >= 4 is 11.6 Å². The molecule has 1 aromatic carbocycles. The van der Waals surface area contributed by atoms with Crippen LogP contribution in [0.2, 0.25) is 0 Å². The van der Waals surface area contributed by atoms with Crippen LogP contribution in [0.3, 0.4) is 0 Å². The van der Waals surface area contributed by atoms with Gasteiger partial charge < -0.3 is 36.6 Å². The summed E-state index contributed by atoms with van der Waals surface area (Å²) in [6.07, 6.45) is 0.610. The van der Waals surface area contributed by atoms with E-state index in [0.29, 0.717) is 36.1 Å². The van der Waals surface area contributed by atoms with Gasteiger partial charge in [-0.2, -0.15) is 13.2 Å². The van der Waals surface area contributed by atoms with Crippen LogP contribution in [0.4, 0.5) is 13.2 Å². The molecule has 234 valence electrons. The number of ether oxygens (including phenoxy) is 1. The van der Waals surface area contributed by atoms with Crippen molar-refractivity contribution in [3.05, 3.63) is 46.3 Å². The largest absolute Gasteiger partial charge is 0.507 e. The van der Waals surface area contributed by atoms with Crippen LogP contribution in [-0.4, -0.2) is 84.0 Å². The quantitative estimate of drug-likeness (QED) is 0.350. The summed E-state index contributed by atoms with van der Waals surface area (Å²) in [6, 6.07) is 2.67. The molecule has 1 aromatic rings. The predicted molar refractivity (Wildman–Crippen MR) is 154 cm³/mol. The highest BCUT2D eigenvalue weighted by atomic mass is 19.4. The second-order valence-electron chi connectivity index (χ2n) is 11.7. The highest BCUT2D eigenvalue weighted by Crippen LogP contribution is 2.49. The van der Waals surface area contributed by atoms with Gasteiger partial charge in [-0.05, 0) is 68.7 Å². The summed E-state index contributed by atoms with van der Waals surface area (Å²) in [5.74, 6) is -0.0800. The Morgan fingerprint density at radius 3 is 2.40 bits per heavy atom. The van der Waals surface area contributed by atoms with Crippen molar-refractivity contribution in [1.82, 2.24) is 15.1 Å². The summed E-state index contributed by atoms with van der Waals surface area (Å²) in [4.78, 5) is 17.1. The van der Waals surface area contributed by atoms with Gasteiger partial charge >= 0.3 is 6.18 Å². The lowest BCUT2D eigenvalue weighted by Gasteiger charge is -2.50. The molecule has 1 spiro atoms. The Morgan fingerprint density at radius 1 is 1.12 bits per heavy atom. The van der Waals surface area contributed by atoms with Crippen LogP contribution >= 0.6 is 0 Å². The van der Waals surface area contributed by atoms with Crippen LogP contribution in [-0.2, 0) is 15.7 Å². The highest BCUT2D eigenvalue weighted by Gasteiger charge is 2.45. The maximum absolute atomic E-state index is 13.0. The lowest BCUT2D eigenvalue weighted by molar-refractivity contribution is -0.139. The number of carbonyl (C=O) groups is 1. The van der Waals surface area contributed by atoms with Crippen LogP contribution in [0, 0.1) is 5.41 Å². The number of amides is 1. The molecule has 9 nitrogen and oxygen atoms in total. The van der Waals surface area contributed by atoms with Crippen molar-refractivity contribution in [2.45, 2.75) is 70.7 Å². The second kappa shape index (κ2) is 13.1. The first-order valence-corrected chi connectivity index (χ1v) is 14.8. The first-order valence-electron chi connectivity index (χ1n) is 14.8. The van der Waals surface area contributed by atoms with Gasteiger partial charge in [0.1, 0.15) is 11.6 Å². The number of aliphatic hydroxyl groups is 1. The van der Waals surface area contributed by atoms with Crippen LogP contribution in [0.5, 0.6) is 5.75 Å². The molecule has 1 saturated carbocycles. The van der Waals surface area contributed by atoms with Gasteiger partial charge in [0, 0.05) is 48.1 Å². The molecule has 0 aromatic heterocycles. The zero-order valence-corrected chi connectivity index (χ0v) is 24.5. The number of phenols is 1. The summed E-state index contributed by atoms with van der Waals surface area (Å²) in [5.41, 5.74) is 13.3. The molecule has 42 heavy (non-hydrogen) atoms. The Balaban J connectivity index is 0.00000198. The van der Waals surface area contributed by atoms with Crippen molar-refractivity contribution in [1.29, 1.82) is 0 Å². The average molecular weight is 596 g/mol. The Hall–Kier alpha value is -2.96. The molecule has 5 rings (SSSR count). The topological polar surface area (TPSA) is 137 Å². The molecule has 12 heteroatoms. The van der Waals surface area contributed by atoms with E-state index in [1.807, 2.05) is 18.7 Å². The number of hydrogen-bond acceptors (Lipinski definition) is 8. The minimum absolute atomic E-state index is 0.00214. The lowest BCUT2D eigenvalue weighted by Crippen LogP contribution is -2.53. The monoisotopic (exact) mass is 595 g/mol. The number of phenolic OH excluding ortho intramolecular Hbond substituents is 1. The molecule has 4 fully saturated rings. The van der Waals surface area contributed by atoms with Gasteiger partial charge in [0.15, 0.2) is 0 Å². The summed E-state index contributed by atoms with van der Waals surface area (Å²) >= 11 is 0. The van der Waals surface area contributed by atoms with Crippen molar-refractivity contribution in [2.24, 2.45) is 16.9 Å². The number of hydrogen-bond donors (Lipinski definition) is 5. The fourth-order valence-electron chi connectivity index (χ4n) is 6.50. The average Bonchev–Trinajstić information content (AvgIpc) is 3.43. The van der Waals surface area contributed by atoms with E-state index < -0.39 is 17.5 Å². The van der Waals surface area contributed by atoms with Gasteiger partial charge in [0.2, 0.25) is 5.91 Å². The van der Waals surface area contributed by atoms with Crippen LogP contribution in [0.15, 0.2) is 35.2 Å². The summed E-state index contributed by atoms with van der Waals surface area (Å²) < 4.78 is 44.6. The number of halogens is 3. The molecular weight excluding hydrogens is 551 g/mol. The van der Waals surface area contributed by atoms with Gasteiger partial charge in [-0.3, -0.25) is 9.69 Å². The second-order valence-corrected chi connectivity index (χ2v) is 11.7. The van der Waals surface area contributed by atoms with E-state index in [9.17, 15) is 28.2 Å². The number of nitrogens with two attached hydrogens (primary N) is 2. The first-order chi connectivity index (χ1) is 19.9. The Morgan fingerprint density at radius 2 is 1.79 bits per heavy atom. The number of benzene rings is 1. The minimum Gasteiger partial charge on any atom is -0.507 e. The predicted octanol–water partition coefficient (Wildman–Crippen LogP) is 3.13. The fraction of sp³-hybridized carbons (Fsp3) is 0.633. The van der Waals surface area contributed by atoms with Crippen LogP contribution in [0.1, 0.15) is 63.5 Å². The number of nitrogens with one attached hydrogen (secondary N) is 1. The third-order valence-corrected chi connectivity index (χ3v) is 8.86. The van der Waals surface area contributed by atoms with Crippen molar-refractivity contribution < 1.29 is 32.9 Å². The van der Waals surface area contributed by atoms with Crippen molar-refractivity contribution in [3.8, 4) is 5.75 Å². The fourth-order valence-corrected chi connectivity index (χ4v) is 6.50. The molecule has 0 radical (unpaired) electrons. The summed E-state index contributed by atoms with van der Waals surface area (Å²) in [5, 5.41) is 23.3. The number of nitrogens with zero attached hydrogens (tertiary/aromatic N) is 2. The van der Waals surface area contributed by atoms with E-state index >= 15 is 0 Å². The number of alkyl halides is 3. The molecule has 1 unspecified atom stereocenters. The number of aliphatic hydroxyl groups excluding tert-OH is 1. The van der Waals surface area contributed by atoms with Gasteiger partial charge in [-0.1, -0.05) is 13.8 Å². The molecule has 0 bridgehead atoms. The smallest absolute Gasteiger partial charge is 0.416 e. The first kappa shape index (κ1) is 32.0. The number of carbonyl (C=O) groups excluding carboxylic acids is 1. The Labute approximate surface area is 245 Å². The molecule has 1 amide bonds. The maximum Gasteiger partial charge on any atom is 0.416 e. The molecule has 3 heterocycles. The van der Waals surface area contributed by atoms with E-state index in [2.05, 4.69) is 10.2 Å². The van der Waals surface area contributed by atoms with Gasteiger partial charge in [0.05, 0.1) is 31.4 Å². The SMILES string of the molecule is CC.N/C(NC1CCCN(CC(=O)N2CCC3(CC2)CC(O)C3)C1)=C1/COC/C1=C(/N)c1ccc(C(F)(F)F)cc1O. The van der Waals surface area contributed by atoms with Gasteiger partial charge in [-0.15, -0.1) is 0 Å². The van der Waals surface area contributed by atoms with E-state index in [1.165, 1.54) is 0 Å². The van der Waals surface area contributed by atoms with Crippen molar-refractivity contribution in [3.63, 3.8) is 0 Å². The normalized spacial score (nSPS) is 25.4. The molecular formula is C30H44F3N5O4. The molecule has 1 atom stereocenters. The lowest BCUT2D eigenvalue weighted by atomic mass is 9.61. The van der Waals surface area contributed by atoms with Gasteiger partial charge in [-0.25, -0.2) is 0 Å². The highest BCUT2D eigenvalue weighted by molar-refractivity contribution is 5.78. The zero-order valence-electron chi connectivity index (χ0n) is 24.5. The third kappa shape index (κ3) is 7.15. The molecule has 3 saturated heterocycles. The zero-order chi connectivity index (χ0) is 30.7. The third-order valence-electron chi connectivity index (χ3n) is 8.86. The summed E-state index contributed by atoms with van der Waals surface area (Å²) in [7, 11) is 0. The van der Waals surface area contributed by atoms with E-state index in [-0.39, 0.29) is 47.9 Å². The number of rotatable bonds is 5. The molecule has 7 N–H and O–H groups in total. The molecule has 4 aliphatic rings. The Bertz CT molecular complexity index is 1190. The van der Waals surface area contributed by atoms with E-state index in [4.69, 9.17) is 16.2 Å². The number of aromatic hydroxyl groups is 1. The van der Waals surface area contributed by atoms with Crippen molar-refractivity contribution in [2.75, 3.05) is 45.9 Å². The van der Waals surface area contributed by atoms with Crippen LogP contribution in [0.25, 0.3) is 5.70 Å². The molecule has 3 aliphatic heterocycles. The van der Waals surface area contributed by atoms with Crippen LogP contribution < -0.4 is 16.8 Å².